The second kappa shape index (κ2) is 16.4. The van der Waals surface area contributed by atoms with Crippen molar-refractivity contribution in [3.05, 3.63) is 87.6 Å². The summed E-state index contributed by atoms with van der Waals surface area (Å²) >= 11 is 6.66. The highest BCUT2D eigenvalue weighted by Crippen LogP contribution is 2.36. The van der Waals surface area contributed by atoms with Crippen molar-refractivity contribution < 1.29 is 36.7 Å². The Kier molecular flexibility index (Phi) is 11.5. The quantitative estimate of drug-likeness (QED) is 0.147. The number of aromatic nitrogens is 1. The highest BCUT2D eigenvalue weighted by Gasteiger charge is 2.35. The highest BCUT2D eigenvalue weighted by molar-refractivity contribution is 6.33. The van der Waals surface area contributed by atoms with Crippen molar-refractivity contribution >= 4 is 51.5 Å². The molecule has 1 unspecified atom stereocenters. The molecule has 4 heterocycles. The summed E-state index contributed by atoms with van der Waals surface area (Å²) < 4.78 is 61.0. The number of carbonyl (C=O) groups is 3. The van der Waals surface area contributed by atoms with Gasteiger partial charge in [0.2, 0.25) is 17.7 Å². The molecule has 0 aliphatic carbocycles. The maximum absolute atomic E-state index is 14.2. The molecule has 3 aliphatic rings. The van der Waals surface area contributed by atoms with E-state index in [1.807, 2.05) is 29.0 Å². The molecule has 302 valence electrons. The largest absolute Gasteiger partial charge is 0.573 e. The van der Waals surface area contributed by atoms with E-state index in [2.05, 4.69) is 20.3 Å². The number of halogens is 5. The summed E-state index contributed by atoms with van der Waals surface area (Å²) in [5, 5.41) is 6.52. The number of nitrogens with zero attached hydrogens (tertiary/aromatic N) is 4. The fraction of sp³-hybridized carbons (Fsp3) is 0.415. The van der Waals surface area contributed by atoms with Gasteiger partial charge >= 0.3 is 6.36 Å². The van der Waals surface area contributed by atoms with Crippen LogP contribution >= 0.6 is 11.6 Å². The first kappa shape index (κ1) is 40.1. The Balaban J connectivity index is 0.945. The Morgan fingerprint density at radius 1 is 0.947 bits per heavy atom. The van der Waals surface area contributed by atoms with Crippen LogP contribution in [0, 0.1) is 11.7 Å². The Hall–Kier alpha value is -5.15. The van der Waals surface area contributed by atoms with Crippen molar-refractivity contribution in [3.63, 3.8) is 0 Å². The molecule has 2 N–H and O–H groups in total. The fourth-order valence-electron chi connectivity index (χ4n) is 8.17. The minimum absolute atomic E-state index is 0.0164. The first-order chi connectivity index (χ1) is 27.1. The summed E-state index contributed by atoms with van der Waals surface area (Å²) in [6, 6.07) is 13.2. The van der Waals surface area contributed by atoms with Gasteiger partial charge in [-0.25, -0.2) is 4.39 Å². The van der Waals surface area contributed by atoms with Gasteiger partial charge in [-0.1, -0.05) is 23.7 Å². The first-order valence-corrected chi connectivity index (χ1v) is 19.3. The van der Waals surface area contributed by atoms with Gasteiger partial charge in [-0.15, -0.1) is 13.2 Å². The molecule has 0 saturated carbocycles. The predicted molar refractivity (Wildman–Crippen MR) is 209 cm³/mol. The number of aryl methyl sites for hydroxylation is 1. The summed E-state index contributed by atoms with van der Waals surface area (Å²) in [5.41, 5.74) is 2.22. The van der Waals surface area contributed by atoms with Gasteiger partial charge in [0.05, 0.1) is 10.7 Å². The normalized spacial score (nSPS) is 18.8. The number of nitrogens with one attached hydrogen (secondary N) is 2. The number of carbonyl (C=O) groups excluding carboxylic acids is 3. The maximum Gasteiger partial charge on any atom is 0.573 e. The number of benzene rings is 3. The van der Waals surface area contributed by atoms with Crippen LogP contribution in [0.4, 0.5) is 28.9 Å². The lowest BCUT2D eigenvalue weighted by Crippen LogP contribution is -2.48. The second-order valence-corrected chi connectivity index (χ2v) is 15.5. The molecule has 4 aromatic rings. The van der Waals surface area contributed by atoms with Gasteiger partial charge in [-0.3, -0.25) is 29.4 Å². The molecule has 7 rings (SSSR count). The smallest absolute Gasteiger partial charge is 0.405 e. The molecule has 3 amide bonds. The molecule has 3 saturated heterocycles. The third kappa shape index (κ3) is 9.04. The van der Waals surface area contributed by atoms with Gasteiger partial charge in [-0.05, 0) is 85.5 Å². The number of piperidine rings is 3. The number of hydrogen-bond acceptors (Lipinski definition) is 8. The standard InChI is InChI=1S/C41H43ClF4N6O5/c1-49-23-32(31-20-27(43)5-7-30(31)40(49)56)25-3-4-26(36(19-25)57-41(44,45)46)22-51-15-13-29(14-16-51)50(2)39(55)24-11-17-52(18-12-24)35-9-6-28(21-33(35)42)47-34-8-10-37(53)48-38(34)54/h3-7,9,19-21,23-24,29,34,47H,8,10-18,22H2,1-2H3,(H,48,53,54). The van der Waals surface area contributed by atoms with E-state index in [0.717, 1.165) is 5.69 Å². The number of fused-ring (bicyclic) bond motifs is 1. The number of rotatable bonds is 9. The number of likely N-dealkylation sites (tertiary alicyclic amines) is 1. The summed E-state index contributed by atoms with van der Waals surface area (Å²) in [5.74, 6) is -1.67. The lowest BCUT2D eigenvalue weighted by Gasteiger charge is -2.40. The molecular formula is C41H43ClF4N6O5. The average Bonchev–Trinajstić information content (AvgIpc) is 3.17. The molecular weight excluding hydrogens is 768 g/mol. The zero-order valence-electron chi connectivity index (χ0n) is 31.5. The van der Waals surface area contributed by atoms with Crippen molar-refractivity contribution in [2.24, 2.45) is 13.0 Å². The van der Waals surface area contributed by atoms with E-state index in [0.29, 0.717) is 85.7 Å². The van der Waals surface area contributed by atoms with Crippen LogP contribution in [0.15, 0.2) is 65.6 Å². The lowest BCUT2D eigenvalue weighted by molar-refractivity contribution is -0.275. The van der Waals surface area contributed by atoms with Crippen LogP contribution in [0.25, 0.3) is 21.9 Å². The average molecular weight is 811 g/mol. The van der Waals surface area contributed by atoms with E-state index in [4.69, 9.17) is 11.6 Å². The van der Waals surface area contributed by atoms with E-state index in [9.17, 15) is 36.7 Å². The van der Waals surface area contributed by atoms with Crippen molar-refractivity contribution in [2.45, 2.75) is 63.5 Å². The minimum Gasteiger partial charge on any atom is -0.405 e. The van der Waals surface area contributed by atoms with Crippen LogP contribution in [-0.2, 0) is 28.0 Å². The molecule has 0 bridgehead atoms. The number of anilines is 2. The Morgan fingerprint density at radius 2 is 1.68 bits per heavy atom. The molecule has 3 fully saturated rings. The Bertz CT molecular complexity index is 2250. The second-order valence-electron chi connectivity index (χ2n) is 15.1. The summed E-state index contributed by atoms with van der Waals surface area (Å²) in [6.45, 7) is 2.59. The van der Waals surface area contributed by atoms with Crippen LogP contribution < -0.4 is 25.8 Å². The number of alkyl halides is 3. The number of pyridine rings is 1. The van der Waals surface area contributed by atoms with E-state index in [-0.39, 0.29) is 64.7 Å². The van der Waals surface area contributed by atoms with Gasteiger partial charge < -0.3 is 24.4 Å². The third-order valence-electron chi connectivity index (χ3n) is 11.3. The van der Waals surface area contributed by atoms with Crippen LogP contribution in [0.5, 0.6) is 5.75 Å². The van der Waals surface area contributed by atoms with Crippen LogP contribution in [-0.4, -0.2) is 83.8 Å². The van der Waals surface area contributed by atoms with Gasteiger partial charge in [0.15, 0.2) is 0 Å². The Labute approximate surface area is 331 Å². The summed E-state index contributed by atoms with van der Waals surface area (Å²) in [7, 11) is 3.35. The van der Waals surface area contributed by atoms with E-state index in [1.165, 1.54) is 42.1 Å². The van der Waals surface area contributed by atoms with Crippen molar-refractivity contribution in [3.8, 4) is 16.9 Å². The first-order valence-electron chi connectivity index (χ1n) is 18.9. The third-order valence-corrected chi connectivity index (χ3v) is 11.6. The fourth-order valence-corrected chi connectivity index (χ4v) is 8.47. The van der Waals surface area contributed by atoms with Crippen LogP contribution in [0.2, 0.25) is 5.02 Å². The monoisotopic (exact) mass is 810 g/mol. The minimum atomic E-state index is -4.95. The molecule has 3 aromatic carbocycles. The number of hydrogen-bond donors (Lipinski definition) is 2. The molecule has 11 nitrogen and oxygen atoms in total. The molecule has 57 heavy (non-hydrogen) atoms. The lowest BCUT2D eigenvalue weighted by atomic mass is 9.93. The zero-order valence-corrected chi connectivity index (χ0v) is 32.3. The van der Waals surface area contributed by atoms with Gasteiger partial charge in [-0.2, -0.15) is 0 Å². The molecule has 0 spiro atoms. The maximum atomic E-state index is 14.2. The van der Waals surface area contributed by atoms with Crippen LogP contribution in [0.3, 0.4) is 0 Å². The van der Waals surface area contributed by atoms with Crippen molar-refractivity contribution in [2.75, 3.05) is 43.4 Å². The van der Waals surface area contributed by atoms with Crippen molar-refractivity contribution in [1.29, 1.82) is 0 Å². The van der Waals surface area contributed by atoms with Crippen molar-refractivity contribution in [1.82, 2.24) is 19.7 Å². The van der Waals surface area contributed by atoms with Gasteiger partial charge in [0.25, 0.3) is 5.56 Å². The van der Waals surface area contributed by atoms with E-state index in [1.54, 1.807) is 18.2 Å². The molecule has 1 atom stereocenters. The zero-order chi connectivity index (χ0) is 40.6. The predicted octanol–water partition coefficient (Wildman–Crippen LogP) is 6.45. The van der Waals surface area contributed by atoms with Gasteiger partial charge in [0, 0.05) is 93.6 Å². The Morgan fingerprint density at radius 3 is 2.37 bits per heavy atom. The molecule has 16 heteroatoms. The highest BCUT2D eigenvalue weighted by atomic mass is 35.5. The van der Waals surface area contributed by atoms with E-state index < -0.39 is 18.2 Å². The number of imide groups is 1. The SMILES string of the molecule is CN(C(=O)C1CCN(c2ccc(NC3CCC(=O)NC3=O)cc2Cl)CC1)C1CCN(Cc2ccc(-c3cn(C)c(=O)c4ccc(F)cc34)cc2OC(F)(F)F)CC1. The summed E-state index contributed by atoms with van der Waals surface area (Å²) in [4.78, 5) is 56.0. The number of amides is 3. The summed E-state index contributed by atoms with van der Waals surface area (Å²) in [6.07, 6.45) is -0.204. The topological polar surface area (TPSA) is 116 Å². The number of ether oxygens (including phenoxy) is 1. The molecule has 3 aliphatic heterocycles. The molecule has 1 aromatic heterocycles. The van der Waals surface area contributed by atoms with Crippen LogP contribution in [0.1, 0.15) is 44.1 Å². The molecule has 0 radical (unpaired) electrons. The van der Waals surface area contributed by atoms with E-state index >= 15 is 0 Å². The van der Waals surface area contributed by atoms with Gasteiger partial charge in [0.1, 0.15) is 17.6 Å².